The minimum absolute atomic E-state index is 0.0295. The second-order valence-corrected chi connectivity index (χ2v) is 18.0. The van der Waals surface area contributed by atoms with Crippen LogP contribution >= 0.6 is 0 Å². The quantitative estimate of drug-likeness (QED) is 0.0825. The monoisotopic (exact) mass is 945 g/mol. The highest BCUT2D eigenvalue weighted by molar-refractivity contribution is 5.21. The fourth-order valence-electron chi connectivity index (χ4n) is 9.66. The Hall–Kier alpha value is -1.68. The van der Waals surface area contributed by atoms with Crippen LogP contribution in [-0.4, -0.2) is 192 Å². The van der Waals surface area contributed by atoms with Crippen LogP contribution in [0.25, 0.3) is 0 Å². The normalized spacial score (nSPS) is 36.5. The highest BCUT2D eigenvalue weighted by atomic mass is 16.7. The van der Waals surface area contributed by atoms with Crippen molar-refractivity contribution in [2.24, 2.45) is 23.7 Å². The van der Waals surface area contributed by atoms with Gasteiger partial charge in [-0.25, -0.2) is 0 Å². The molecule has 66 heavy (non-hydrogen) atoms. The third-order valence-electron chi connectivity index (χ3n) is 14.0. The van der Waals surface area contributed by atoms with Crippen LogP contribution in [0.15, 0.2) is 47.6 Å². The lowest BCUT2D eigenvalue weighted by molar-refractivity contribution is -0.295. The fourth-order valence-corrected chi connectivity index (χ4v) is 9.66. The number of hydrogen-bond acceptors (Lipinski definition) is 16. The fraction of sp³-hybridized carbons (Fsp3) is 0.840. The summed E-state index contributed by atoms with van der Waals surface area (Å²) in [6.45, 7) is 16.4. The zero-order chi connectivity index (χ0) is 49.4. The predicted octanol–water partition coefficient (Wildman–Crippen LogP) is 5.46. The van der Waals surface area contributed by atoms with Gasteiger partial charge in [-0.05, 0) is 37.8 Å². The summed E-state index contributed by atoms with van der Waals surface area (Å²) in [5.41, 5.74) is 1.91. The molecule has 0 aliphatic carbocycles. The number of epoxide rings is 2. The molecule has 0 aromatic heterocycles. The molecule has 4 heterocycles. The Bertz CT molecular complexity index is 1380. The van der Waals surface area contributed by atoms with Crippen molar-refractivity contribution in [2.75, 3.05) is 71.1 Å². The van der Waals surface area contributed by atoms with Crippen molar-refractivity contribution in [3.05, 3.63) is 47.6 Å². The van der Waals surface area contributed by atoms with Crippen LogP contribution in [0.1, 0.15) is 68.2 Å². The molecule has 4 rings (SSSR count). The lowest BCUT2D eigenvalue weighted by Gasteiger charge is -2.44. The number of methoxy groups -OCH3 is 10. The molecule has 0 amide bonds. The summed E-state index contributed by atoms with van der Waals surface area (Å²) in [5, 5.41) is 21.5. The standard InChI is InChI=1S/2C25H44O8/c2*1-10-17(27-5)16(4)20-21(32-20)18(26)14(2)12-11-13-15(3)19-22(28-6)23(29-7)24(30-8)25(31-9)33-19/h2*11-14,16-26H,10H2,1-9H3/b2*12-11+,15-13+/t14-,16-,17+,18+,19-,20-,21-,22-,23+,24-,25+;14-,16-,17+,18-,19-,20-,21-,22-,23+,24-,25+/m11/s1. The molecule has 16 nitrogen and oxygen atoms in total. The highest BCUT2D eigenvalue weighted by Crippen LogP contribution is 2.39. The molecule has 0 aromatic rings. The van der Waals surface area contributed by atoms with Gasteiger partial charge in [0.05, 0.1) is 36.6 Å². The van der Waals surface area contributed by atoms with Crippen LogP contribution in [0, 0.1) is 23.7 Å². The van der Waals surface area contributed by atoms with Gasteiger partial charge in [0.1, 0.15) is 61.0 Å². The topological polar surface area (TPSA) is 176 Å². The van der Waals surface area contributed by atoms with E-state index in [1.807, 2.05) is 64.2 Å². The molecule has 0 aromatic carbocycles. The van der Waals surface area contributed by atoms with Gasteiger partial charge in [-0.3, -0.25) is 0 Å². The van der Waals surface area contributed by atoms with Crippen molar-refractivity contribution in [3.8, 4) is 0 Å². The van der Waals surface area contributed by atoms with Crippen molar-refractivity contribution < 1.29 is 76.5 Å². The van der Waals surface area contributed by atoms with Crippen molar-refractivity contribution in [2.45, 2.75) is 178 Å². The van der Waals surface area contributed by atoms with Crippen LogP contribution in [0.2, 0.25) is 0 Å². The van der Waals surface area contributed by atoms with E-state index in [1.54, 1.807) is 71.1 Å². The van der Waals surface area contributed by atoms with Crippen LogP contribution in [0.4, 0.5) is 0 Å². The smallest absolute Gasteiger partial charge is 0.186 e. The molecule has 0 saturated carbocycles. The predicted molar refractivity (Wildman–Crippen MR) is 250 cm³/mol. The summed E-state index contributed by atoms with van der Waals surface area (Å²) in [6, 6.07) is 0. The molecule has 4 fully saturated rings. The summed E-state index contributed by atoms with van der Waals surface area (Å²) >= 11 is 0. The first-order valence-electron chi connectivity index (χ1n) is 23.5. The average molecular weight is 945 g/mol. The summed E-state index contributed by atoms with van der Waals surface area (Å²) < 4.78 is 79.8. The number of aliphatic hydroxyl groups excluding tert-OH is 2. The third kappa shape index (κ3) is 14.7. The zero-order valence-corrected chi connectivity index (χ0v) is 43.2. The molecule has 4 aliphatic rings. The van der Waals surface area contributed by atoms with Crippen molar-refractivity contribution in [3.63, 3.8) is 0 Å². The number of rotatable bonds is 26. The molecule has 0 spiro atoms. The maximum absolute atomic E-state index is 10.8. The summed E-state index contributed by atoms with van der Waals surface area (Å²) in [5.74, 6) is 0.345. The van der Waals surface area contributed by atoms with Crippen LogP contribution in [0.5, 0.6) is 0 Å². The van der Waals surface area contributed by atoms with E-state index >= 15 is 0 Å². The molecule has 0 bridgehead atoms. The molecule has 0 radical (unpaired) electrons. The van der Waals surface area contributed by atoms with E-state index in [4.69, 9.17) is 66.3 Å². The van der Waals surface area contributed by atoms with E-state index < -0.39 is 37.0 Å². The third-order valence-corrected chi connectivity index (χ3v) is 14.0. The molecule has 2 N–H and O–H groups in total. The Morgan fingerprint density at radius 2 is 0.773 bits per heavy atom. The largest absolute Gasteiger partial charge is 0.390 e. The molecule has 384 valence electrons. The Morgan fingerprint density at radius 3 is 1.03 bits per heavy atom. The van der Waals surface area contributed by atoms with Crippen LogP contribution in [-0.2, 0) is 66.3 Å². The maximum atomic E-state index is 10.8. The van der Waals surface area contributed by atoms with Gasteiger partial charge in [-0.1, -0.05) is 78.0 Å². The van der Waals surface area contributed by atoms with Crippen molar-refractivity contribution in [1.29, 1.82) is 0 Å². The van der Waals surface area contributed by atoms with Crippen molar-refractivity contribution in [1.82, 2.24) is 0 Å². The van der Waals surface area contributed by atoms with E-state index in [9.17, 15) is 10.2 Å². The summed E-state index contributed by atoms with van der Waals surface area (Å²) in [4.78, 5) is 0. The second kappa shape index (κ2) is 28.9. The van der Waals surface area contributed by atoms with Gasteiger partial charge in [0, 0.05) is 94.8 Å². The molecule has 16 heteroatoms. The Balaban J connectivity index is 0.000000350. The Morgan fingerprint density at radius 1 is 0.455 bits per heavy atom. The second-order valence-electron chi connectivity index (χ2n) is 18.0. The average Bonchev–Trinajstić information content (AvgIpc) is 4.28. The van der Waals surface area contributed by atoms with Gasteiger partial charge >= 0.3 is 0 Å². The number of aliphatic hydroxyl groups is 2. The lowest BCUT2D eigenvalue weighted by Crippen LogP contribution is -2.60. The molecular formula is C50H88O16. The maximum Gasteiger partial charge on any atom is 0.186 e. The van der Waals surface area contributed by atoms with Gasteiger partial charge in [0.15, 0.2) is 12.6 Å². The van der Waals surface area contributed by atoms with Gasteiger partial charge in [0.2, 0.25) is 0 Å². The molecule has 4 aliphatic heterocycles. The van der Waals surface area contributed by atoms with Gasteiger partial charge in [-0.2, -0.15) is 0 Å². The number of ether oxygens (including phenoxy) is 14. The molecule has 4 saturated heterocycles. The van der Waals surface area contributed by atoms with Crippen molar-refractivity contribution >= 4 is 0 Å². The number of hydrogen-bond donors (Lipinski definition) is 2. The first kappa shape index (κ1) is 58.6. The minimum Gasteiger partial charge on any atom is -0.390 e. The molecule has 22 atom stereocenters. The van der Waals surface area contributed by atoms with E-state index in [0.29, 0.717) is 0 Å². The Kier molecular flexibility index (Phi) is 25.6. The van der Waals surface area contributed by atoms with Crippen LogP contribution < -0.4 is 0 Å². The van der Waals surface area contributed by atoms with E-state index in [2.05, 4.69) is 27.7 Å². The lowest BCUT2D eigenvalue weighted by atomic mass is 9.91. The Labute approximate surface area is 396 Å². The summed E-state index contributed by atoms with van der Waals surface area (Å²) in [7, 11) is 16.3. The first-order valence-corrected chi connectivity index (χ1v) is 23.5. The molecular weight excluding hydrogens is 857 g/mol. The SMILES string of the molecule is CC[C@H](OC)[C@@H](C)[C@H]1O[C@@H]1[C@@H](O)[C@H](C)/C=C/C=C(\C)[C@H]1O[C@H](OC)[C@H](OC)[C@@H](OC)[C@@H]1OC.CC[C@H](OC)[C@@H](C)[C@H]1O[C@@H]1[C@H](O)[C@H](C)/C=C/C=C(\C)[C@H]1O[C@H](OC)[C@H](OC)[C@@H](OC)[C@@H]1OC. The van der Waals surface area contributed by atoms with E-state index in [-0.39, 0.29) is 96.9 Å². The highest BCUT2D eigenvalue weighted by Gasteiger charge is 2.52. The minimum atomic E-state index is -0.576. The van der Waals surface area contributed by atoms with Gasteiger partial charge in [-0.15, -0.1) is 0 Å². The van der Waals surface area contributed by atoms with E-state index in [0.717, 1.165) is 24.0 Å². The van der Waals surface area contributed by atoms with Gasteiger partial charge < -0.3 is 76.5 Å². The first-order chi connectivity index (χ1) is 31.6. The van der Waals surface area contributed by atoms with E-state index in [1.165, 1.54) is 0 Å². The van der Waals surface area contributed by atoms with Crippen LogP contribution in [0.3, 0.4) is 0 Å². The molecule has 0 unspecified atom stereocenters. The van der Waals surface area contributed by atoms with Gasteiger partial charge in [0.25, 0.3) is 0 Å². The summed E-state index contributed by atoms with van der Waals surface area (Å²) in [6.07, 6.45) is 8.40. The number of allylic oxidation sites excluding steroid dienone is 4. The zero-order valence-electron chi connectivity index (χ0n) is 43.2.